The monoisotopic (exact) mass is 255 g/mol. The van der Waals surface area contributed by atoms with Crippen molar-refractivity contribution < 1.29 is 19.4 Å². The number of carboxylic acids is 1. The molecule has 0 aromatic rings. The van der Waals surface area contributed by atoms with Gasteiger partial charge in [0.05, 0.1) is 0 Å². The van der Waals surface area contributed by atoms with Crippen LogP contribution in [0.25, 0.3) is 0 Å². The van der Waals surface area contributed by atoms with Gasteiger partial charge in [0.15, 0.2) is 0 Å². The number of nitrogens with zero attached hydrogens (tertiary/aromatic N) is 1. The molecule has 0 unspecified atom stereocenters. The summed E-state index contributed by atoms with van der Waals surface area (Å²) in [4.78, 5) is 24.7. The number of rotatable bonds is 1. The fraction of sp³-hybridized carbons (Fsp3) is 0.846. The third-order valence-corrected chi connectivity index (χ3v) is 3.70. The van der Waals surface area contributed by atoms with Gasteiger partial charge in [-0.1, -0.05) is 0 Å². The van der Waals surface area contributed by atoms with Crippen molar-refractivity contribution in [3.63, 3.8) is 0 Å². The molecule has 18 heavy (non-hydrogen) atoms. The lowest BCUT2D eigenvalue weighted by Crippen LogP contribution is -2.52. The molecule has 2 fully saturated rings. The zero-order valence-corrected chi connectivity index (χ0v) is 11.2. The molecule has 1 spiro atoms. The van der Waals surface area contributed by atoms with Crippen LogP contribution in [-0.4, -0.2) is 40.3 Å². The number of aliphatic carboxylic acids is 1. The first-order valence-electron chi connectivity index (χ1n) is 6.45. The minimum Gasteiger partial charge on any atom is -0.480 e. The summed E-state index contributed by atoms with van der Waals surface area (Å²) >= 11 is 0. The molecule has 0 aromatic heterocycles. The van der Waals surface area contributed by atoms with E-state index in [9.17, 15) is 14.7 Å². The van der Waals surface area contributed by atoms with Gasteiger partial charge < -0.3 is 9.84 Å². The maximum Gasteiger partial charge on any atom is 0.411 e. The van der Waals surface area contributed by atoms with Gasteiger partial charge in [-0.05, 0) is 51.9 Å². The van der Waals surface area contributed by atoms with E-state index in [2.05, 4.69) is 0 Å². The quantitative estimate of drug-likeness (QED) is 0.780. The van der Waals surface area contributed by atoms with Crippen molar-refractivity contribution in [2.45, 2.75) is 58.1 Å². The molecule has 5 nitrogen and oxygen atoms in total. The van der Waals surface area contributed by atoms with E-state index in [-0.39, 0.29) is 5.41 Å². The molecule has 5 heteroatoms. The first-order chi connectivity index (χ1) is 8.22. The average Bonchev–Trinajstić information content (AvgIpc) is 2.94. The standard InChI is InChI=1S/C13H21NO4/c1-12(2,3)18-11(17)14-8-13(6-7-13)5-4-9(14)10(15)16/h9H,4-8H2,1-3H3,(H,15,16)/t9-/m0/s1. The highest BCUT2D eigenvalue weighted by molar-refractivity contribution is 5.80. The predicted molar refractivity (Wildman–Crippen MR) is 65.3 cm³/mol. The van der Waals surface area contributed by atoms with Crippen LogP contribution in [0.15, 0.2) is 0 Å². The first kappa shape index (κ1) is 13.2. The van der Waals surface area contributed by atoms with Gasteiger partial charge in [-0.3, -0.25) is 4.90 Å². The minimum atomic E-state index is -0.934. The molecule has 1 saturated heterocycles. The lowest BCUT2D eigenvalue weighted by atomic mass is 9.90. The van der Waals surface area contributed by atoms with E-state index in [0.717, 1.165) is 19.3 Å². The molecule has 1 saturated carbocycles. The van der Waals surface area contributed by atoms with Crippen molar-refractivity contribution in [1.82, 2.24) is 4.90 Å². The van der Waals surface area contributed by atoms with Crippen LogP contribution in [0, 0.1) is 5.41 Å². The van der Waals surface area contributed by atoms with Gasteiger partial charge in [-0.2, -0.15) is 0 Å². The van der Waals surface area contributed by atoms with Crippen molar-refractivity contribution in [1.29, 1.82) is 0 Å². The molecule has 1 heterocycles. The fourth-order valence-electron chi connectivity index (χ4n) is 2.50. The van der Waals surface area contributed by atoms with Crippen molar-refractivity contribution >= 4 is 12.1 Å². The number of amides is 1. The molecule has 1 aliphatic heterocycles. The Balaban J connectivity index is 2.09. The normalized spacial score (nSPS) is 25.9. The van der Waals surface area contributed by atoms with E-state index in [1.165, 1.54) is 4.90 Å². The zero-order valence-electron chi connectivity index (χ0n) is 11.2. The largest absolute Gasteiger partial charge is 0.480 e. The molecule has 0 aromatic carbocycles. The van der Waals surface area contributed by atoms with Gasteiger partial charge in [0.25, 0.3) is 0 Å². The second-order valence-electron chi connectivity index (χ2n) is 6.50. The van der Waals surface area contributed by atoms with Crippen LogP contribution < -0.4 is 0 Å². The van der Waals surface area contributed by atoms with Crippen LogP contribution in [0.4, 0.5) is 4.79 Å². The summed E-state index contributed by atoms with van der Waals surface area (Å²) in [6.07, 6.45) is 3.13. The number of likely N-dealkylation sites (tertiary alicyclic amines) is 1. The maximum atomic E-state index is 12.1. The summed E-state index contributed by atoms with van der Waals surface area (Å²) in [6.45, 7) is 5.89. The lowest BCUT2D eigenvalue weighted by Gasteiger charge is -2.38. The first-order valence-corrected chi connectivity index (χ1v) is 6.45. The van der Waals surface area contributed by atoms with Crippen LogP contribution in [0.5, 0.6) is 0 Å². The molecule has 1 aliphatic carbocycles. The number of carbonyl (C=O) groups excluding carboxylic acids is 1. The lowest BCUT2D eigenvalue weighted by molar-refractivity contribution is -0.145. The molecule has 102 valence electrons. The van der Waals surface area contributed by atoms with Crippen molar-refractivity contribution in [3.8, 4) is 0 Å². The van der Waals surface area contributed by atoms with Gasteiger partial charge >= 0.3 is 12.1 Å². The Morgan fingerprint density at radius 2 is 1.89 bits per heavy atom. The Hall–Kier alpha value is -1.26. The average molecular weight is 255 g/mol. The molecule has 1 amide bonds. The van der Waals surface area contributed by atoms with Crippen LogP contribution >= 0.6 is 0 Å². The summed E-state index contributed by atoms with van der Waals surface area (Å²) in [5.74, 6) is -0.934. The van der Waals surface area contributed by atoms with Crippen molar-refractivity contribution in [2.75, 3.05) is 6.54 Å². The van der Waals surface area contributed by atoms with Crippen LogP contribution in [0.2, 0.25) is 0 Å². The Kier molecular flexibility index (Phi) is 3.03. The highest BCUT2D eigenvalue weighted by Crippen LogP contribution is 2.53. The Morgan fingerprint density at radius 3 is 2.33 bits per heavy atom. The number of hydrogen-bond donors (Lipinski definition) is 1. The topological polar surface area (TPSA) is 66.8 Å². The number of ether oxygens (including phenoxy) is 1. The van der Waals surface area contributed by atoms with Gasteiger partial charge in [0.2, 0.25) is 0 Å². The fourth-order valence-corrected chi connectivity index (χ4v) is 2.50. The van der Waals surface area contributed by atoms with E-state index in [1.54, 1.807) is 20.8 Å². The summed E-state index contributed by atoms with van der Waals surface area (Å²) in [5, 5.41) is 9.20. The summed E-state index contributed by atoms with van der Waals surface area (Å²) in [7, 11) is 0. The summed E-state index contributed by atoms with van der Waals surface area (Å²) < 4.78 is 5.30. The third kappa shape index (κ3) is 2.76. The van der Waals surface area contributed by atoms with Gasteiger partial charge in [-0.25, -0.2) is 9.59 Å². The van der Waals surface area contributed by atoms with Crippen LogP contribution in [0.1, 0.15) is 46.5 Å². The van der Waals surface area contributed by atoms with E-state index in [4.69, 9.17) is 4.74 Å². The SMILES string of the molecule is CC(C)(C)OC(=O)N1CC2(CC[C@H]1C(=O)O)CC2. The second-order valence-corrected chi connectivity index (χ2v) is 6.50. The Bertz CT molecular complexity index is 368. The van der Waals surface area contributed by atoms with Gasteiger partial charge in [0.1, 0.15) is 11.6 Å². The number of hydrogen-bond acceptors (Lipinski definition) is 3. The number of carbonyl (C=O) groups is 2. The van der Waals surface area contributed by atoms with Crippen LogP contribution in [-0.2, 0) is 9.53 Å². The van der Waals surface area contributed by atoms with E-state index in [1.807, 2.05) is 0 Å². The van der Waals surface area contributed by atoms with E-state index < -0.39 is 23.7 Å². The Morgan fingerprint density at radius 1 is 1.28 bits per heavy atom. The smallest absolute Gasteiger partial charge is 0.411 e. The number of carboxylic acid groups (broad SMARTS) is 1. The molecule has 2 aliphatic rings. The zero-order chi connectivity index (χ0) is 13.6. The molecular weight excluding hydrogens is 234 g/mol. The Labute approximate surface area is 107 Å². The molecule has 0 bridgehead atoms. The molecule has 0 radical (unpaired) electrons. The van der Waals surface area contributed by atoms with Crippen LogP contribution in [0.3, 0.4) is 0 Å². The molecular formula is C13H21NO4. The minimum absolute atomic E-state index is 0.183. The molecule has 2 rings (SSSR count). The summed E-state index contributed by atoms with van der Waals surface area (Å²) in [5.41, 5.74) is -0.406. The molecule has 1 atom stereocenters. The van der Waals surface area contributed by atoms with Gasteiger partial charge in [-0.15, -0.1) is 0 Å². The van der Waals surface area contributed by atoms with Crippen molar-refractivity contribution in [2.24, 2.45) is 5.41 Å². The number of piperidine rings is 1. The van der Waals surface area contributed by atoms with Crippen molar-refractivity contribution in [3.05, 3.63) is 0 Å². The highest BCUT2D eigenvalue weighted by Gasteiger charge is 2.51. The van der Waals surface area contributed by atoms with E-state index >= 15 is 0 Å². The van der Waals surface area contributed by atoms with Gasteiger partial charge in [0, 0.05) is 6.54 Å². The predicted octanol–water partition coefficient (Wildman–Crippen LogP) is 2.25. The second kappa shape index (κ2) is 4.14. The highest BCUT2D eigenvalue weighted by atomic mass is 16.6. The molecule has 1 N–H and O–H groups in total. The maximum absolute atomic E-state index is 12.1. The third-order valence-electron chi connectivity index (χ3n) is 3.70. The summed E-state index contributed by atoms with van der Waals surface area (Å²) in [6, 6.07) is -0.730. The van der Waals surface area contributed by atoms with E-state index in [0.29, 0.717) is 13.0 Å².